The molecule has 1 aliphatic rings. The van der Waals surface area contributed by atoms with Crippen molar-refractivity contribution in [2.45, 2.75) is 38.9 Å². The van der Waals surface area contributed by atoms with Crippen LogP contribution < -0.4 is 4.74 Å². The smallest absolute Gasteiger partial charge is 0.410 e. The molecular formula is C14H19ClN2O3. The number of ether oxygens (including phenoxy) is 2. The van der Waals surface area contributed by atoms with Crippen LogP contribution >= 0.6 is 11.6 Å². The van der Waals surface area contributed by atoms with Gasteiger partial charge >= 0.3 is 6.09 Å². The van der Waals surface area contributed by atoms with Crippen molar-refractivity contribution in [3.8, 4) is 5.75 Å². The van der Waals surface area contributed by atoms with Crippen LogP contribution in [0.15, 0.2) is 18.5 Å². The first-order valence-corrected chi connectivity index (χ1v) is 6.97. The molecule has 1 fully saturated rings. The molecule has 1 aromatic heterocycles. The second-order valence-electron chi connectivity index (χ2n) is 5.76. The fourth-order valence-corrected chi connectivity index (χ4v) is 2.10. The van der Waals surface area contributed by atoms with E-state index in [2.05, 4.69) is 4.98 Å². The quantitative estimate of drug-likeness (QED) is 0.842. The minimum atomic E-state index is -0.483. The molecule has 6 heteroatoms. The summed E-state index contributed by atoms with van der Waals surface area (Å²) in [6, 6.07) is 1.68. The molecule has 110 valence electrons. The first-order chi connectivity index (χ1) is 9.35. The van der Waals surface area contributed by atoms with E-state index in [1.807, 2.05) is 20.8 Å². The average Bonchev–Trinajstić information content (AvgIpc) is 2.79. The van der Waals surface area contributed by atoms with Crippen LogP contribution in [0, 0.1) is 0 Å². The van der Waals surface area contributed by atoms with Crippen molar-refractivity contribution in [1.82, 2.24) is 9.88 Å². The molecule has 0 radical (unpaired) electrons. The highest BCUT2D eigenvalue weighted by molar-refractivity contribution is 6.31. The highest BCUT2D eigenvalue weighted by atomic mass is 35.5. The lowest BCUT2D eigenvalue weighted by Gasteiger charge is -2.24. The van der Waals surface area contributed by atoms with Crippen LogP contribution in [0.4, 0.5) is 4.79 Å². The van der Waals surface area contributed by atoms with Gasteiger partial charge in [-0.1, -0.05) is 11.6 Å². The summed E-state index contributed by atoms with van der Waals surface area (Å²) in [6.07, 6.45) is 3.56. The lowest BCUT2D eigenvalue weighted by Crippen LogP contribution is -2.36. The SMILES string of the molecule is CC(C)(C)OC(=O)N1CCC(Oc2cnccc2Cl)C1. The maximum atomic E-state index is 11.9. The zero-order chi connectivity index (χ0) is 14.8. The number of halogens is 1. The Morgan fingerprint density at radius 2 is 2.25 bits per heavy atom. The minimum Gasteiger partial charge on any atom is -0.485 e. The highest BCUT2D eigenvalue weighted by Gasteiger charge is 2.31. The van der Waals surface area contributed by atoms with Crippen molar-refractivity contribution in [3.63, 3.8) is 0 Å². The van der Waals surface area contributed by atoms with Crippen LogP contribution in [0.2, 0.25) is 5.02 Å². The maximum Gasteiger partial charge on any atom is 0.410 e. The Morgan fingerprint density at radius 3 is 2.90 bits per heavy atom. The van der Waals surface area contributed by atoms with Gasteiger partial charge in [-0.25, -0.2) is 4.79 Å². The number of amides is 1. The van der Waals surface area contributed by atoms with Gasteiger partial charge in [0.2, 0.25) is 0 Å². The molecule has 1 aliphatic heterocycles. The number of likely N-dealkylation sites (tertiary alicyclic amines) is 1. The Bertz CT molecular complexity index is 488. The van der Waals surface area contributed by atoms with Crippen molar-refractivity contribution in [3.05, 3.63) is 23.5 Å². The Hall–Kier alpha value is -1.49. The average molecular weight is 299 g/mol. The second-order valence-corrected chi connectivity index (χ2v) is 6.17. The zero-order valence-corrected chi connectivity index (χ0v) is 12.7. The number of rotatable bonds is 2. The van der Waals surface area contributed by atoms with Crippen LogP contribution in [0.3, 0.4) is 0 Å². The molecule has 1 atom stereocenters. The van der Waals surface area contributed by atoms with Gasteiger partial charge in [-0.3, -0.25) is 4.98 Å². The molecule has 0 bridgehead atoms. The van der Waals surface area contributed by atoms with Crippen LogP contribution in [0.1, 0.15) is 27.2 Å². The number of carbonyl (C=O) groups excluding carboxylic acids is 1. The van der Waals surface area contributed by atoms with E-state index >= 15 is 0 Å². The fourth-order valence-electron chi connectivity index (χ4n) is 1.95. The standard InChI is InChI=1S/C14H19ClN2O3/c1-14(2,3)20-13(18)17-7-5-10(9-17)19-12-8-16-6-4-11(12)15/h4,6,8,10H,5,7,9H2,1-3H3. The third kappa shape index (κ3) is 4.00. The Kier molecular flexibility index (Phi) is 4.38. The van der Waals surface area contributed by atoms with Gasteiger partial charge < -0.3 is 14.4 Å². The summed E-state index contributed by atoms with van der Waals surface area (Å²) in [4.78, 5) is 17.6. The molecule has 1 amide bonds. The molecule has 5 nitrogen and oxygen atoms in total. The monoisotopic (exact) mass is 298 g/mol. The summed E-state index contributed by atoms with van der Waals surface area (Å²) in [7, 11) is 0. The predicted molar refractivity (Wildman–Crippen MR) is 76.1 cm³/mol. The fraction of sp³-hybridized carbons (Fsp3) is 0.571. The van der Waals surface area contributed by atoms with E-state index in [1.54, 1.807) is 23.4 Å². The molecule has 2 rings (SSSR count). The van der Waals surface area contributed by atoms with Crippen LogP contribution in [-0.2, 0) is 4.74 Å². The van der Waals surface area contributed by atoms with Gasteiger partial charge in [0.1, 0.15) is 11.7 Å². The van der Waals surface area contributed by atoms with E-state index in [9.17, 15) is 4.79 Å². The highest BCUT2D eigenvalue weighted by Crippen LogP contribution is 2.26. The molecule has 0 spiro atoms. The number of pyridine rings is 1. The van der Waals surface area contributed by atoms with Gasteiger partial charge in [-0.05, 0) is 26.8 Å². The van der Waals surface area contributed by atoms with E-state index in [4.69, 9.17) is 21.1 Å². The molecule has 1 saturated heterocycles. The molecular weight excluding hydrogens is 280 g/mol. The summed E-state index contributed by atoms with van der Waals surface area (Å²) >= 11 is 6.02. The first kappa shape index (κ1) is 14.9. The number of hydrogen-bond donors (Lipinski definition) is 0. The van der Waals surface area contributed by atoms with Gasteiger partial charge in [0.15, 0.2) is 5.75 Å². The molecule has 0 aliphatic carbocycles. The summed E-state index contributed by atoms with van der Waals surface area (Å²) in [6.45, 7) is 6.68. The second kappa shape index (κ2) is 5.87. The van der Waals surface area contributed by atoms with E-state index in [-0.39, 0.29) is 12.2 Å². The van der Waals surface area contributed by atoms with Gasteiger partial charge in [-0.2, -0.15) is 0 Å². The molecule has 1 unspecified atom stereocenters. The van der Waals surface area contributed by atoms with E-state index in [0.29, 0.717) is 23.9 Å². The van der Waals surface area contributed by atoms with Crippen molar-refractivity contribution in [1.29, 1.82) is 0 Å². The normalized spacial score (nSPS) is 19.0. The summed E-state index contributed by atoms with van der Waals surface area (Å²) in [5.41, 5.74) is -0.483. The van der Waals surface area contributed by atoms with E-state index in [1.165, 1.54) is 0 Å². The number of carbonyl (C=O) groups is 1. The Balaban J connectivity index is 1.90. The van der Waals surface area contributed by atoms with Crippen LogP contribution in [0.25, 0.3) is 0 Å². The van der Waals surface area contributed by atoms with Gasteiger partial charge in [0.25, 0.3) is 0 Å². The minimum absolute atomic E-state index is 0.0794. The molecule has 0 aromatic carbocycles. The number of nitrogens with zero attached hydrogens (tertiary/aromatic N) is 2. The summed E-state index contributed by atoms with van der Waals surface area (Å²) in [5.74, 6) is 0.546. The lowest BCUT2D eigenvalue weighted by atomic mass is 10.2. The van der Waals surface area contributed by atoms with Crippen molar-refractivity contribution >= 4 is 17.7 Å². The van der Waals surface area contributed by atoms with Gasteiger partial charge in [-0.15, -0.1) is 0 Å². The third-order valence-electron chi connectivity index (χ3n) is 2.82. The largest absolute Gasteiger partial charge is 0.485 e. The number of hydrogen-bond acceptors (Lipinski definition) is 4. The Labute approximate surface area is 123 Å². The molecule has 0 N–H and O–H groups in total. The van der Waals surface area contributed by atoms with Gasteiger partial charge in [0, 0.05) is 19.2 Å². The van der Waals surface area contributed by atoms with Crippen molar-refractivity contribution in [2.24, 2.45) is 0 Å². The van der Waals surface area contributed by atoms with Crippen molar-refractivity contribution in [2.75, 3.05) is 13.1 Å². The Morgan fingerprint density at radius 1 is 1.50 bits per heavy atom. The predicted octanol–water partition coefficient (Wildman–Crippen LogP) is 3.12. The third-order valence-corrected chi connectivity index (χ3v) is 3.14. The molecule has 20 heavy (non-hydrogen) atoms. The molecule has 2 heterocycles. The van der Waals surface area contributed by atoms with E-state index in [0.717, 1.165) is 6.42 Å². The van der Waals surface area contributed by atoms with E-state index < -0.39 is 5.60 Å². The molecule has 0 saturated carbocycles. The van der Waals surface area contributed by atoms with Gasteiger partial charge in [0.05, 0.1) is 17.8 Å². The zero-order valence-electron chi connectivity index (χ0n) is 11.9. The molecule has 1 aromatic rings. The topological polar surface area (TPSA) is 51.7 Å². The summed E-state index contributed by atoms with van der Waals surface area (Å²) < 4.78 is 11.1. The van der Waals surface area contributed by atoms with Crippen LogP contribution in [0.5, 0.6) is 5.75 Å². The number of aromatic nitrogens is 1. The summed E-state index contributed by atoms with van der Waals surface area (Å²) in [5, 5.41) is 0.524. The lowest BCUT2D eigenvalue weighted by molar-refractivity contribution is 0.0275. The first-order valence-electron chi connectivity index (χ1n) is 6.59. The van der Waals surface area contributed by atoms with Crippen LogP contribution in [-0.4, -0.2) is 40.8 Å². The van der Waals surface area contributed by atoms with Crippen molar-refractivity contribution < 1.29 is 14.3 Å². The maximum absolute atomic E-state index is 11.9.